The molecule has 36 heavy (non-hydrogen) atoms. The number of likely N-dealkylation sites (tertiary alicyclic amines) is 1. The van der Waals surface area contributed by atoms with Gasteiger partial charge in [0.05, 0.1) is 17.5 Å². The number of nitrogens with one attached hydrogen (secondary N) is 3. The molecule has 194 valence electrons. The smallest absolute Gasteiger partial charge is 0.256 e. The van der Waals surface area contributed by atoms with Crippen LogP contribution < -0.4 is 14.9 Å². The number of amides is 1. The molecular formula is C26H36N6O3S. The van der Waals surface area contributed by atoms with E-state index in [-0.39, 0.29) is 17.5 Å². The Bertz CT molecular complexity index is 1340. The Kier molecular flexibility index (Phi) is 7.17. The zero-order valence-electron chi connectivity index (χ0n) is 21.6. The Labute approximate surface area is 213 Å². The second-order valence-electron chi connectivity index (χ2n) is 10.4. The molecule has 0 bridgehead atoms. The van der Waals surface area contributed by atoms with Gasteiger partial charge in [-0.1, -0.05) is 0 Å². The molecule has 1 aromatic carbocycles. The predicted octanol–water partition coefficient (Wildman–Crippen LogP) is 4.28. The standard InChI is InChI=1S/C26H36N6O3S/c1-6-32(24-23(8-7-13-27-24)29-26(2,3)4)19-11-14-31(15-12-19)25(33)21-17-28-22-10-9-18(16-20(21)22)30-36(5,34)35/h7-10,13,16-17,19,28-30H,6,11-12,14-15H2,1-5H3. The van der Waals surface area contributed by atoms with Crippen molar-refractivity contribution in [3.8, 4) is 0 Å². The van der Waals surface area contributed by atoms with Crippen LogP contribution >= 0.6 is 0 Å². The van der Waals surface area contributed by atoms with E-state index in [1.807, 2.05) is 17.2 Å². The van der Waals surface area contributed by atoms with Crippen LogP contribution in [0.1, 0.15) is 50.9 Å². The number of nitrogens with zero attached hydrogens (tertiary/aromatic N) is 3. The number of aromatic amines is 1. The summed E-state index contributed by atoms with van der Waals surface area (Å²) in [6.45, 7) is 10.7. The third-order valence-electron chi connectivity index (χ3n) is 6.32. The number of pyridine rings is 1. The van der Waals surface area contributed by atoms with E-state index in [1.54, 1.807) is 24.4 Å². The number of carbonyl (C=O) groups excluding carboxylic acids is 1. The van der Waals surface area contributed by atoms with Gasteiger partial charge in [0.2, 0.25) is 10.0 Å². The van der Waals surface area contributed by atoms with Crippen LogP contribution in [0.3, 0.4) is 0 Å². The second kappa shape index (κ2) is 10.0. The highest BCUT2D eigenvalue weighted by Crippen LogP contribution is 2.31. The molecule has 3 N–H and O–H groups in total. The first-order valence-corrected chi connectivity index (χ1v) is 14.2. The highest BCUT2D eigenvalue weighted by molar-refractivity contribution is 7.92. The molecule has 9 nitrogen and oxygen atoms in total. The summed E-state index contributed by atoms with van der Waals surface area (Å²) in [5.74, 6) is 0.898. The van der Waals surface area contributed by atoms with E-state index in [0.29, 0.717) is 29.7 Å². The van der Waals surface area contributed by atoms with Gasteiger partial charge < -0.3 is 20.1 Å². The fraction of sp³-hybridized carbons (Fsp3) is 0.462. The number of rotatable bonds is 7. The first-order valence-electron chi connectivity index (χ1n) is 12.3. The molecule has 3 heterocycles. The van der Waals surface area contributed by atoms with Crippen LogP contribution in [0.15, 0.2) is 42.7 Å². The van der Waals surface area contributed by atoms with E-state index in [1.165, 1.54) is 0 Å². The quantitative estimate of drug-likeness (QED) is 0.436. The predicted molar refractivity (Wildman–Crippen MR) is 146 cm³/mol. The van der Waals surface area contributed by atoms with Gasteiger partial charge in [0.25, 0.3) is 5.91 Å². The molecule has 1 aliphatic heterocycles. The molecular weight excluding hydrogens is 476 g/mol. The summed E-state index contributed by atoms with van der Waals surface area (Å²) in [5, 5.41) is 4.28. The molecule has 1 amide bonds. The number of benzene rings is 1. The number of aromatic nitrogens is 2. The van der Waals surface area contributed by atoms with Gasteiger partial charge in [-0.05, 0) is 70.9 Å². The van der Waals surface area contributed by atoms with Crippen molar-refractivity contribution in [1.82, 2.24) is 14.9 Å². The van der Waals surface area contributed by atoms with Gasteiger partial charge in [-0.3, -0.25) is 9.52 Å². The Morgan fingerprint density at radius 2 is 1.94 bits per heavy atom. The van der Waals surface area contributed by atoms with Crippen molar-refractivity contribution in [1.29, 1.82) is 0 Å². The topological polar surface area (TPSA) is 110 Å². The third kappa shape index (κ3) is 5.92. The summed E-state index contributed by atoms with van der Waals surface area (Å²) in [7, 11) is -3.41. The maximum atomic E-state index is 13.4. The number of sulfonamides is 1. The largest absolute Gasteiger partial charge is 0.377 e. The van der Waals surface area contributed by atoms with Crippen LogP contribution in [0, 0.1) is 0 Å². The number of H-pyrrole nitrogens is 1. The number of piperidine rings is 1. The zero-order chi connectivity index (χ0) is 26.1. The first-order chi connectivity index (χ1) is 16.9. The van der Waals surface area contributed by atoms with Crippen LogP contribution in [-0.2, 0) is 10.0 Å². The Hall–Kier alpha value is -3.27. The van der Waals surface area contributed by atoms with Crippen molar-refractivity contribution in [3.63, 3.8) is 0 Å². The van der Waals surface area contributed by atoms with E-state index in [4.69, 9.17) is 4.98 Å². The number of fused-ring (bicyclic) bond motifs is 1. The molecule has 0 radical (unpaired) electrons. The molecule has 0 spiro atoms. The lowest BCUT2D eigenvalue weighted by Gasteiger charge is -2.39. The number of anilines is 3. The molecule has 0 unspecified atom stereocenters. The van der Waals surface area contributed by atoms with Crippen molar-refractivity contribution < 1.29 is 13.2 Å². The van der Waals surface area contributed by atoms with E-state index < -0.39 is 10.0 Å². The lowest BCUT2D eigenvalue weighted by Crippen LogP contribution is -2.47. The first kappa shape index (κ1) is 25.8. The summed E-state index contributed by atoms with van der Waals surface area (Å²) in [6, 6.07) is 9.46. The zero-order valence-corrected chi connectivity index (χ0v) is 22.4. The minimum Gasteiger partial charge on any atom is -0.377 e. The minimum absolute atomic E-state index is 0.0489. The fourth-order valence-corrected chi connectivity index (χ4v) is 5.39. The molecule has 4 rings (SSSR count). The minimum atomic E-state index is -3.41. The second-order valence-corrected chi connectivity index (χ2v) is 12.1. The van der Waals surface area contributed by atoms with Crippen molar-refractivity contribution in [2.75, 3.05) is 40.8 Å². The van der Waals surface area contributed by atoms with Gasteiger partial charge in [0.15, 0.2) is 5.82 Å². The Morgan fingerprint density at radius 3 is 2.58 bits per heavy atom. The number of hydrogen-bond acceptors (Lipinski definition) is 6. The normalized spacial score (nSPS) is 15.2. The fourth-order valence-electron chi connectivity index (χ4n) is 4.83. The molecule has 1 saturated heterocycles. The lowest BCUT2D eigenvalue weighted by atomic mass is 10.0. The summed E-state index contributed by atoms with van der Waals surface area (Å²) < 4.78 is 25.8. The Morgan fingerprint density at radius 1 is 1.22 bits per heavy atom. The molecule has 3 aromatic rings. The van der Waals surface area contributed by atoms with Crippen LogP contribution in [-0.4, -0.2) is 66.7 Å². The molecule has 1 aliphatic rings. The summed E-state index contributed by atoms with van der Waals surface area (Å²) >= 11 is 0. The molecule has 2 aromatic heterocycles. The van der Waals surface area contributed by atoms with E-state index in [9.17, 15) is 13.2 Å². The highest BCUT2D eigenvalue weighted by atomic mass is 32.2. The maximum absolute atomic E-state index is 13.4. The molecule has 0 saturated carbocycles. The average Bonchev–Trinajstić information content (AvgIpc) is 3.22. The average molecular weight is 513 g/mol. The van der Waals surface area contributed by atoms with Gasteiger partial charge in [-0.2, -0.15) is 0 Å². The third-order valence-corrected chi connectivity index (χ3v) is 6.92. The van der Waals surface area contributed by atoms with Crippen LogP contribution in [0.2, 0.25) is 0 Å². The van der Waals surface area contributed by atoms with E-state index in [0.717, 1.165) is 42.7 Å². The SMILES string of the molecule is CCN(c1ncccc1NC(C)(C)C)C1CCN(C(=O)c2c[nH]c3ccc(NS(C)(=O)=O)cc23)CC1. The molecule has 0 aliphatic carbocycles. The lowest BCUT2D eigenvalue weighted by molar-refractivity contribution is 0.0714. The molecule has 1 fully saturated rings. The van der Waals surface area contributed by atoms with Crippen molar-refractivity contribution in [2.45, 2.75) is 52.1 Å². The monoisotopic (exact) mass is 512 g/mol. The van der Waals surface area contributed by atoms with Gasteiger partial charge >= 0.3 is 0 Å². The van der Waals surface area contributed by atoms with E-state index >= 15 is 0 Å². The van der Waals surface area contributed by atoms with Gasteiger partial charge in [0.1, 0.15) is 0 Å². The number of carbonyl (C=O) groups is 1. The van der Waals surface area contributed by atoms with Gasteiger partial charge in [-0.15, -0.1) is 0 Å². The van der Waals surface area contributed by atoms with Gasteiger partial charge in [-0.25, -0.2) is 13.4 Å². The van der Waals surface area contributed by atoms with E-state index in [2.05, 4.69) is 53.7 Å². The van der Waals surface area contributed by atoms with Crippen molar-refractivity contribution in [3.05, 3.63) is 48.3 Å². The van der Waals surface area contributed by atoms with Gasteiger partial charge in [0, 0.05) is 60.2 Å². The number of hydrogen-bond donors (Lipinski definition) is 3. The Balaban J connectivity index is 1.49. The van der Waals surface area contributed by atoms with Crippen molar-refractivity contribution >= 4 is 44.0 Å². The van der Waals surface area contributed by atoms with Crippen LogP contribution in [0.25, 0.3) is 10.9 Å². The summed E-state index contributed by atoms with van der Waals surface area (Å²) in [5.41, 5.74) is 2.71. The van der Waals surface area contributed by atoms with Crippen LogP contribution in [0.4, 0.5) is 17.2 Å². The van der Waals surface area contributed by atoms with Crippen molar-refractivity contribution in [2.24, 2.45) is 0 Å². The maximum Gasteiger partial charge on any atom is 0.256 e. The molecule has 10 heteroatoms. The molecule has 0 atom stereocenters. The summed E-state index contributed by atoms with van der Waals surface area (Å²) in [4.78, 5) is 25.5. The highest BCUT2D eigenvalue weighted by Gasteiger charge is 2.30. The van der Waals surface area contributed by atoms with Crippen LogP contribution in [0.5, 0.6) is 0 Å². The summed E-state index contributed by atoms with van der Waals surface area (Å²) in [6.07, 6.45) is 6.33.